The highest BCUT2D eigenvalue weighted by atomic mass is 19.1. The van der Waals surface area contributed by atoms with Gasteiger partial charge < -0.3 is 10.2 Å². The number of piperidine rings is 1. The van der Waals surface area contributed by atoms with Crippen molar-refractivity contribution in [3.8, 4) is 11.1 Å². The van der Waals surface area contributed by atoms with Crippen LogP contribution in [0.3, 0.4) is 0 Å². The minimum absolute atomic E-state index is 0.0982. The predicted molar refractivity (Wildman–Crippen MR) is 117 cm³/mol. The lowest BCUT2D eigenvalue weighted by atomic mass is 9.96. The summed E-state index contributed by atoms with van der Waals surface area (Å²) in [6, 6.07) is 15.5. The molecule has 0 bridgehead atoms. The molecular weight excluding hydrogens is 395 g/mol. The number of carbonyl (C=O) groups excluding carboxylic acids is 2. The zero-order valence-electron chi connectivity index (χ0n) is 17.6. The van der Waals surface area contributed by atoms with Crippen LogP contribution >= 0.6 is 0 Å². The van der Waals surface area contributed by atoms with Crippen LogP contribution < -0.4 is 5.32 Å². The van der Waals surface area contributed by atoms with Gasteiger partial charge in [0, 0.05) is 25.8 Å². The molecule has 1 N–H and O–H groups in total. The Hall–Kier alpha value is -3.48. The molecule has 1 aliphatic heterocycles. The molecule has 0 radical (unpaired) electrons. The average Bonchev–Trinajstić information content (AvgIpc) is 3.12. The van der Waals surface area contributed by atoms with Crippen molar-refractivity contribution in [1.82, 2.24) is 14.7 Å². The van der Waals surface area contributed by atoms with Gasteiger partial charge in [0.2, 0.25) is 5.91 Å². The fourth-order valence-electron chi connectivity index (χ4n) is 4.01. The van der Waals surface area contributed by atoms with Crippen LogP contribution in [-0.2, 0) is 11.8 Å². The number of aromatic nitrogens is 2. The summed E-state index contributed by atoms with van der Waals surface area (Å²) in [5, 5.41) is 7.22. The summed E-state index contributed by atoms with van der Waals surface area (Å²) < 4.78 is 14.8. The van der Waals surface area contributed by atoms with Crippen LogP contribution in [0, 0.1) is 18.7 Å². The maximum atomic E-state index is 13.2. The van der Waals surface area contributed by atoms with Gasteiger partial charge in [0.1, 0.15) is 11.5 Å². The van der Waals surface area contributed by atoms with E-state index in [9.17, 15) is 14.0 Å². The van der Waals surface area contributed by atoms with Gasteiger partial charge in [-0.2, -0.15) is 5.10 Å². The largest absolute Gasteiger partial charge is 0.337 e. The van der Waals surface area contributed by atoms with Gasteiger partial charge in [-0.05, 0) is 61.2 Å². The van der Waals surface area contributed by atoms with Crippen molar-refractivity contribution in [3.05, 3.63) is 71.8 Å². The van der Waals surface area contributed by atoms with Crippen LogP contribution in [-0.4, -0.2) is 39.6 Å². The lowest BCUT2D eigenvalue weighted by molar-refractivity contribution is -0.121. The van der Waals surface area contributed by atoms with Crippen molar-refractivity contribution in [2.24, 2.45) is 13.0 Å². The van der Waals surface area contributed by atoms with Crippen LogP contribution in [0.5, 0.6) is 0 Å². The summed E-state index contributed by atoms with van der Waals surface area (Å²) in [5.74, 6) is -0.763. The average molecular weight is 420 g/mol. The van der Waals surface area contributed by atoms with Crippen molar-refractivity contribution in [3.63, 3.8) is 0 Å². The van der Waals surface area contributed by atoms with Gasteiger partial charge in [-0.1, -0.05) is 24.3 Å². The zero-order valence-corrected chi connectivity index (χ0v) is 17.6. The minimum atomic E-state index is -0.286. The molecule has 0 saturated carbocycles. The minimum Gasteiger partial charge on any atom is -0.337 e. The molecule has 3 aromatic rings. The third-order valence-corrected chi connectivity index (χ3v) is 5.61. The summed E-state index contributed by atoms with van der Waals surface area (Å²) in [5.41, 5.74) is 3.77. The van der Waals surface area contributed by atoms with Gasteiger partial charge in [0.15, 0.2) is 0 Å². The number of amides is 2. The highest BCUT2D eigenvalue weighted by molar-refractivity contribution is 5.95. The van der Waals surface area contributed by atoms with E-state index in [0.717, 1.165) is 29.7 Å². The van der Waals surface area contributed by atoms with E-state index in [1.54, 1.807) is 34.8 Å². The first kappa shape index (κ1) is 20.8. The third kappa shape index (κ3) is 4.66. The number of halogens is 1. The predicted octanol–water partition coefficient (Wildman–Crippen LogP) is 4.03. The number of aryl methyl sites for hydroxylation is 2. The van der Waals surface area contributed by atoms with E-state index >= 15 is 0 Å². The Morgan fingerprint density at radius 3 is 2.58 bits per heavy atom. The Morgan fingerprint density at radius 2 is 1.87 bits per heavy atom. The summed E-state index contributed by atoms with van der Waals surface area (Å²) in [7, 11) is 1.75. The second-order valence-electron chi connectivity index (χ2n) is 7.96. The molecule has 160 valence electrons. The molecule has 2 aromatic carbocycles. The second kappa shape index (κ2) is 8.71. The van der Waals surface area contributed by atoms with Crippen molar-refractivity contribution < 1.29 is 14.0 Å². The Morgan fingerprint density at radius 1 is 1.10 bits per heavy atom. The van der Waals surface area contributed by atoms with Crippen molar-refractivity contribution in [2.75, 3.05) is 18.4 Å². The topological polar surface area (TPSA) is 67.2 Å². The smallest absolute Gasteiger partial charge is 0.272 e. The molecule has 7 heteroatoms. The molecule has 1 aliphatic rings. The molecule has 31 heavy (non-hydrogen) atoms. The van der Waals surface area contributed by atoms with Crippen LogP contribution in [0.25, 0.3) is 11.1 Å². The van der Waals surface area contributed by atoms with Crippen LogP contribution in [0.2, 0.25) is 0 Å². The first-order chi connectivity index (χ1) is 14.9. The molecule has 2 amide bonds. The van der Waals surface area contributed by atoms with Crippen molar-refractivity contribution in [1.29, 1.82) is 0 Å². The van der Waals surface area contributed by atoms with E-state index in [4.69, 9.17) is 0 Å². The van der Waals surface area contributed by atoms with Crippen LogP contribution in [0.15, 0.2) is 54.6 Å². The van der Waals surface area contributed by atoms with E-state index in [1.807, 2.05) is 31.2 Å². The maximum Gasteiger partial charge on any atom is 0.272 e. The second-order valence-corrected chi connectivity index (χ2v) is 7.96. The molecule has 1 atom stereocenters. The van der Waals surface area contributed by atoms with E-state index in [2.05, 4.69) is 10.4 Å². The molecule has 1 saturated heterocycles. The number of nitrogens with one attached hydrogen (secondary N) is 1. The van der Waals surface area contributed by atoms with E-state index in [-0.39, 0.29) is 23.5 Å². The first-order valence-electron chi connectivity index (χ1n) is 10.4. The standard InChI is InChI=1S/C24H25FN4O2/c1-16-13-22(28(2)27-16)24(31)29-12-4-6-19(15-29)23(30)26-21-7-3-5-18(14-21)17-8-10-20(25)11-9-17/h3,5,7-11,13-14,19H,4,6,12,15H2,1-2H3,(H,26,30)/t19-/m0/s1. The first-order valence-corrected chi connectivity index (χ1v) is 10.4. The number of hydrogen-bond donors (Lipinski definition) is 1. The summed E-state index contributed by atoms with van der Waals surface area (Å²) in [4.78, 5) is 27.5. The number of benzene rings is 2. The molecular formula is C24H25FN4O2. The van der Waals surface area contributed by atoms with Crippen LogP contribution in [0.4, 0.5) is 10.1 Å². The van der Waals surface area contributed by atoms with Gasteiger partial charge >= 0.3 is 0 Å². The molecule has 4 rings (SSSR count). The number of likely N-dealkylation sites (tertiary alicyclic amines) is 1. The lowest BCUT2D eigenvalue weighted by Gasteiger charge is -2.32. The summed E-state index contributed by atoms with van der Waals surface area (Å²) in [6.45, 7) is 2.86. The molecule has 0 aliphatic carbocycles. The number of rotatable bonds is 4. The Kier molecular flexibility index (Phi) is 5.84. The quantitative estimate of drug-likeness (QED) is 0.693. The fraction of sp³-hybridized carbons (Fsp3) is 0.292. The van der Waals surface area contributed by atoms with Gasteiger partial charge in [0.05, 0.1) is 11.6 Å². The summed E-state index contributed by atoms with van der Waals surface area (Å²) >= 11 is 0. The SMILES string of the molecule is Cc1cc(C(=O)N2CCC[C@H](C(=O)Nc3cccc(-c4ccc(F)cc4)c3)C2)n(C)n1. The number of hydrogen-bond acceptors (Lipinski definition) is 3. The highest BCUT2D eigenvalue weighted by Crippen LogP contribution is 2.25. The zero-order chi connectivity index (χ0) is 22.0. The van der Waals surface area contributed by atoms with E-state index < -0.39 is 0 Å². The van der Waals surface area contributed by atoms with Crippen molar-refractivity contribution in [2.45, 2.75) is 19.8 Å². The Balaban J connectivity index is 1.44. The normalized spacial score (nSPS) is 16.2. The van der Waals surface area contributed by atoms with Gasteiger partial charge in [-0.25, -0.2) is 4.39 Å². The molecule has 0 spiro atoms. The molecule has 0 unspecified atom stereocenters. The van der Waals surface area contributed by atoms with Crippen molar-refractivity contribution >= 4 is 17.5 Å². The molecule has 1 aromatic heterocycles. The molecule has 1 fully saturated rings. The molecule has 6 nitrogen and oxygen atoms in total. The monoisotopic (exact) mass is 420 g/mol. The number of anilines is 1. The van der Waals surface area contributed by atoms with Gasteiger partial charge in [-0.15, -0.1) is 0 Å². The lowest BCUT2D eigenvalue weighted by Crippen LogP contribution is -2.44. The van der Waals surface area contributed by atoms with Crippen LogP contribution in [0.1, 0.15) is 29.0 Å². The number of carbonyl (C=O) groups is 2. The maximum absolute atomic E-state index is 13.2. The van der Waals surface area contributed by atoms with E-state index in [1.165, 1.54) is 12.1 Å². The third-order valence-electron chi connectivity index (χ3n) is 5.61. The molecule has 2 heterocycles. The fourth-order valence-corrected chi connectivity index (χ4v) is 4.01. The van der Waals surface area contributed by atoms with Gasteiger partial charge in [0.25, 0.3) is 5.91 Å². The Labute approximate surface area is 180 Å². The Bertz CT molecular complexity index is 1110. The van der Waals surface area contributed by atoms with E-state index in [0.29, 0.717) is 24.5 Å². The van der Waals surface area contributed by atoms with Gasteiger partial charge in [-0.3, -0.25) is 14.3 Å². The highest BCUT2D eigenvalue weighted by Gasteiger charge is 2.30. The number of nitrogens with zero attached hydrogens (tertiary/aromatic N) is 3. The summed E-state index contributed by atoms with van der Waals surface area (Å²) in [6.07, 6.45) is 1.51.